The van der Waals surface area contributed by atoms with Crippen molar-refractivity contribution in [3.8, 4) is 17.2 Å². The first kappa shape index (κ1) is 20.7. The fourth-order valence-electron chi connectivity index (χ4n) is 3.40. The summed E-state index contributed by atoms with van der Waals surface area (Å²) in [6.07, 6.45) is 0. The standard InChI is InChI=1S/C22H18N4O6/c1-31-13-6-3-11(4-7-13)20(28)24-15-8-5-12(9-16(15)32-2)26-17(27)10-14-18(19(26)23)22(30)25-21(14)29/h3-10H,23H2,1-2H3,(H,24,28)(H,25,29,30). The number of hydrogen-bond acceptors (Lipinski definition) is 7. The van der Waals surface area contributed by atoms with Gasteiger partial charge in [-0.2, -0.15) is 0 Å². The Morgan fingerprint density at radius 1 is 0.969 bits per heavy atom. The van der Waals surface area contributed by atoms with E-state index in [-0.39, 0.29) is 28.6 Å². The molecule has 0 spiro atoms. The maximum Gasteiger partial charge on any atom is 0.262 e. The van der Waals surface area contributed by atoms with Crippen LogP contribution < -0.4 is 31.4 Å². The smallest absolute Gasteiger partial charge is 0.262 e. The van der Waals surface area contributed by atoms with Gasteiger partial charge in [0.15, 0.2) is 0 Å². The number of nitrogens with one attached hydrogen (secondary N) is 2. The Hall–Kier alpha value is -4.60. The summed E-state index contributed by atoms with van der Waals surface area (Å²) in [6.45, 7) is 0. The van der Waals surface area contributed by atoms with Crippen molar-refractivity contribution in [3.63, 3.8) is 0 Å². The molecule has 0 unspecified atom stereocenters. The van der Waals surface area contributed by atoms with Crippen LogP contribution in [-0.4, -0.2) is 36.5 Å². The molecule has 1 aliphatic heterocycles. The molecule has 0 fully saturated rings. The van der Waals surface area contributed by atoms with Crippen LogP contribution in [0.4, 0.5) is 11.5 Å². The molecule has 3 amide bonds. The Bertz CT molecular complexity index is 1330. The van der Waals surface area contributed by atoms with Crippen LogP contribution >= 0.6 is 0 Å². The lowest BCUT2D eigenvalue weighted by Crippen LogP contribution is -2.24. The minimum atomic E-state index is -0.674. The fraction of sp³-hybridized carbons (Fsp3) is 0.0909. The highest BCUT2D eigenvalue weighted by Gasteiger charge is 2.32. The van der Waals surface area contributed by atoms with Crippen LogP contribution in [0, 0.1) is 0 Å². The predicted octanol–water partition coefficient (Wildman–Crippen LogP) is 1.57. The second-order valence-electron chi connectivity index (χ2n) is 6.84. The number of ether oxygens (including phenoxy) is 2. The lowest BCUT2D eigenvalue weighted by molar-refractivity contribution is 0.0879. The minimum Gasteiger partial charge on any atom is -0.497 e. The van der Waals surface area contributed by atoms with Crippen molar-refractivity contribution in [3.05, 3.63) is 75.6 Å². The number of carbonyl (C=O) groups excluding carboxylic acids is 3. The number of pyridine rings is 1. The molecule has 0 saturated heterocycles. The van der Waals surface area contributed by atoms with Crippen molar-refractivity contribution >= 4 is 29.2 Å². The molecule has 2 aromatic carbocycles. The van der Waals surface area contributed by atoms with Crippen molar-refractivity contribution in [1.29, 1.82) is 0 Å². The van der Waals surface area contributed by atoms with Crippen LogP contribution in [-0.2, 0) is 0 Å². The Balaban J connectivity index is 1.70. The van der Waals surface area contributed by atoms with Crippen LogP contribution in [0.2, 0.25) is 0 Å². The third-order valence-electron chi connectivity index (χ3n) is 5.00. The number of rotatable bonds is 5. The summed E-state index contributed by atoms with van der Waals surface area (Å²) in [5.74, 6) is -1.01. The normalized spacial score (nSPS) is 12.2. The topological polar surface area (TPSA) is 142 Å². The van der Waals surface area contributed by atoms with Crippen LogP contribution in [0.15, 0.2) is 53.3 Å². The van der Waals surface area contributed by atoms with Gasteiger partial charge in [0.25, 0.3) is 23.3 Å². The van der Waals surface area contributed by atoms with E-state index in [1.54, 1.807) is 30.3 Å². The number of nitrogens with zero attached hydrogens (tertiary/aromatic N) is 1. The fourth-order valence-corrected chi connectivity index (χ4v) is 3.40. The van der Waals surface area contributed by atoms with Crippen molar-refractivity contribution in [2.45, 2.75) is 0 Å². The summed E-state index contributed by atoms with van der Waals surface area (Å²) in [7, 11) is 2.94. The van der Waals surface area contributed by atoms with Gasteiger partial charge in [-0.05, 0) is 36.4 Å². The second-order valence-corrected chi connectivity index (χ2v) is 6.84. The highest BCUT2D eigenvalue weighted by atomic mass is 16.5. The summed E-state index contributed by atoms with van der Waals surface area (Å²) in [5, 5.41) is 4.86. The molecular formula is C22H18N4O6. The molecule has 1 aliphatic rings. The number of fused-ring (bicyclic) bond motifs is 1. The largest absolute Gasteiger partial charge is 0.497 e. The lowest BCUT2D eigenvalue weighted by Gasteiger charge is -2.15. The maximum atomic E-state index is 12.6. The van der Waals surface area contributed by atoms with E-state index >= 15 is 0 Å². The van der Waals surface area contributed by atoms with Gasteiger partial charge in [0.2, 0.25) is 0 Å². The van der Waals surface area contributed by atoms with Crippen molar-refractivity contribution in [2.75, 3.05) is 25.3 Å². The van der Waals surface area contributed by atoms with Gasteiger partial charge in [0.1, 0.15) is 17.3 Å². The third kappa shape index (κ3) is 3.43. The number of nitrogen functional groups attached to an aromatic ring is 1. The maximum absolute atomic E-state index is 12.6. The van der Waals surface area contributed by atoms with Gasteiger partial charge in [0.05, 0.1) is 36.7 Å². The van der Waals surface area contributed by atoms with Gasteiger partial charge in [-0.25, -0.2) is 0 Å². The molecule has 32 heavy (non-hydrogen) atoms. The number of hydrogen-bond donors (Lipinski definition) is 3. The van der Waals surface area contributed by atoms with E-state index in [2.05, 4.69) is 10.6 Å². The Labute approximate surface area is 181 Å². The summed E-state index contributed by atoms with van der Waals surface area (Å²) in [5.41, 5.74) is 6.40. The molecule has 10 heteroatoms. The molecule has 3 aromatic rings. The predicted molar refractivity (Wildman–Crippen MR) is 116 cm³/mol. The highest BCUT2D eigenvalue weighted by Crippen LogP contribution is 2.30. The molecule has 0 bridgehead atoms. The quantitative estimate of drug-likeness (QED) is 0.518. The van der Waals surface area contributed by atoms with Gasteiger partial charge in [-0.3, -0.25) is 29.1 Å². The number of carbonyl (C=O) groups is 3. The average molecular weight is 434 g/mol. The van der Waals surface area contributed by atoms with Crippen molar-refractivity contribution in [2.24, 2.45) is 0 Å². The third-order valence-corrected chi connectivity index (χ3v) is 5.00. The summed E-state index contributed by atoms with van der Waals surface area (Å²) < 4.78 is 11.5. The van der Waals surface area contributed by atoms with E-state index in [4.69, 9.17) is 15.2 Å². The van der Waals surface area contributed by atoms with E-state index in [1.165, 1.54) is 26.4 Å². The van der Waals surface area contributed by atoms with Crippen LogP contribution in [0.1, 0.15) is 31.1 Å². The lowest BCUT2D eigenvalue weighted by atomic mass is 10.1. The zero-order valence-electron chi connectivity index (χ0n) is 17.1. The van der Waals surface area contributed by atoms with Crippen molar-refractivity contribution < 1.29 is 23.9 Å². The van der Waals surface area contributed by atoms with E-state index in [0.717, 1.165) is 10.6 Å². The van der Waals surface area contributed by atoms with E-state index in [1.807, 2.05) is 0 Å². The van der Waals surface area contributed by atoms with Gasteiger partial charge in [-0.1, -0.05) is 0 Å². The molecule has 0 radical (unpaired) electrons. The summed E-state index contributed by atoms with van der Waals surface area (Å²) in [4.78, 5) is 49.1. The number of benzene rings is 2. The first-order chi connectivity index (χ1) is 15.3. The Morgan fingerprint density at radius 2 is 1.69 bits per heavy atom. The highest BCUT2D eigenvalue weighted by molar-refractivity contribution is 6.23. The number of imide groups is 1. The van der Waals surface area contributed by atoms with E-state index < -0.39 is 17.4 Å². The molecule has 4 N–H and O–H groups in total. The van der Waals surface area contributed by atoms with Crippen LogP contribution in [0.5, 0.6) is 11.5 Å². The SMILES string of the molecule is COc1ccc(C(=O)Nc2ccc(-n3c(N)c4c(cc3=O)C(=O)NC4=O)cc2OC)cc1. The van der Waals surface area contributed by atoms with Crippen molar-refractivity contribution in [1.82, 2.24) is 9.88 Å². The molecule has 2 heterocycles. The average Bonchev–Trinajstić information content (AvgIpc) is 3.07. The number of nitrogens with two attached hydrogens (primary N) is 1. The zero-order valence-corrected chi connectivity index (χ0v) is 17.1. The van der Waals surface area contributed by atoms with E-state index in [0.29, 0.717) is 22.7 Å². The van der Waals surface area contributed by atoms with Gasteiger partial charge in [-0.15, -0.1) is 0 Å². The molecule has 0 saturated carbocycles. The first-order valence-electron chi connectivity index (χ1n) is 9.39. The first-order valence-corrected chi connectivity index (χ1v) is 9.39. The number of anilines is 2. The molecule has 0 aliphatic carbocycles. The molecule has 4 rings (SSSR count). The Kier molecular flexibility index (Phi) is 5.11. The second kappa shape index (κ2) is 7.91. The number of methoxy groups -OCH3 is 2. The molecule has 1 aromatic heterocycles. The molecular weight excluding hydrogens is 416 g/mol. The van der Waals surface area contributed by atoms with E-state index in [9.17, 15) is 19.2 Å². The number of amides is 3. The molecule has 162 valence electrons. The number of aromatic nitrogens is 1. The summed E-state index contributed by atoms with van der Waals surface area (Å²) in [6, 6.07) is 12.2. The Morgan fingerprint density at radius 3 is 2.34 bits per heavy atom. The summed E-state index contributed by atoms with van der Waals surface area (Å²) >= 11 is 0. The monoisotopic (exact) mass is 434 g/mol. The molecule has 10 nitrogen and oxygen atoms in total. The minimum absolute atomic E-state index is 0.0644. The van der Waals surface area contributed by atoms with Gasteiger partial charge in [0, 0.05) is 17.7 Å². The van der Waals surface area contributed by atoms with Crippen LogP contribution in [0.3, 0.4) is 0 Å². The van der Waals surface area contributed by atoms with Gasteiger partial charge < -0.3 is 20.5 Å². The van der Waals surface area contributed by atoms with Gasteiger partial charge >= 0.3 is 0 Å². The molecule has 0 atom stereocenters. The zero-order chi connectivity index (χ0) is 23.0. The van der Waals surface area contributed by atoms with Crippen LogP contribution in [0.25, 0.3) is 5.69 Å².